The number of carboxylic acid groups (broad SMARTS) is 1. The van der Waals surface area contributed by atoms with Crippen molar-refractivity contribution in [3.8, 4) is 5.69 Å². The van der Waals surface area contributed by atoms with Gasteiger partial charge in [-0.1, -0.05) is 0 Å². The van der Waals surface area contributed by atoms with Crippen molar-refractivity contribution in [3.05, 3.63) is 87.0 Å². The van der Waals surface area contributed by atoms with Gasteiger partial charge in [0.2, 0.25) is 0 Å². The molecule has 1 N–H and O–H groups in total. The summed E-state index contributed by atoms with van der Waals surface area (Å²) in [7, 11) is 0. The molecule has 0 saturated carbocycles. The van der Waals surface area contributed by atoms with Crippen molar-refractivity contribution in [2.75, 3.05) is 0 Å². The molecule has 1 aromatic heterocycles. The molecule has 0 spiro atoms. The minimum absolute atomic E-state index is 0.00113. The van der Waals surface area contributed by atoms with Crippen LogP contribution < -0.4 is 0 Å². The first-order valence-electron chi connectivity index (χ1n) is 8.50. The number of nitrogens with zero attached hydrogens (tertiary/aromatic N) is 3. The lowest BCUT2D eigenvalue weighted by Gasteiger charge is -2.08. The van der Waals surface area contributed by atoms with Crippen LogP contribution in [0, 0.1) is 15.9 Å². The molecule has 1 aliphatic rings. The predicted molar refractivity (Wildman–Crippen MR) is 99.8 cm³/mol. The zero-order valence-electron chi connectivity index (χ0n) is 14.5. The van der Waals surface area contributed by atoms with Crippen molar-refractivity contribution in [2.45, 2.75) is 12.8 Å². The van der Waals surface area contributed by atoms with Crippen molar-refractivity contribution in [2.24, 2.45) is 0 Å². The van der Waals surface area contributed by atoms with E-state index in [-0.39, 0.29) is 11.4 Å². The second kappa shape index (κ2) is 6.73. The summed E-state index contributed by atoms with van der Waals surface area (Å²) in [6.45, 7) is 0. The van der Waals surface area contributed by atoms with E-state index in [2.05, 4.69) is 5.10 Å². The van der Waals surface area contributed by atoms with Crippen LogP contribution in [0.5, 0.6) is 0 Å². The van der Waals surface area contributed by atoms with Gasteiger partial charge in [-0.3, -0.25) is 10.1 Å². The Bertz CT molecular complexity index is 1120. The molecule has 3 aromatic rings. The fourth-order valence-corrected chi connectivity index (χ4v) is 3.37. The summed E-state index contributed by atoms with van der Waals surface area (Å²) < 4.78 is 14.8. The van der Waals surface area contributed by atoms with Gasteiger partial charge in [-0.2, -0.15) is 5.10 Å². The van der Waals surface area contributed by atoms with Gasteiger partial charge in [0.05, 0.1) is 16.3 Å². The molecular formula is C20H14FN3O4. The summed E-state index contributed by atoms with van der Waals surface area (Å²) in [6.07, 6.45) is 3.01. The highest BCUT2D eigenvalue weighted by Gasteiger charge is 2.30. The molecule has 4 rings (SSSR count). The molecule has 2 aromatic carbocycles. The van der Waals surface area contributed by atoms with E-state index in [1.807, 2.05) is 6.08 Å². The van der Waals surface area contributed by atoms with Crippen LogP contribution in [0.3, 0.4) is 0 Å². The fraction of sp³-hybridized carbons (Fsp3) is 0.100. The first-order valence-corrected chi connectivity index (χ1v) is 8.50. The Balaban J connectivity index is 1.82. The zero-order valence-corrected chi connectivity index (χ0v) is 14.5. The van der Waals surface area contributed by atoms with Gasteiger partial charge < -0.3 is 5.11 Å². The average molecular weight is 379 g/mol. The SMILES string of the molecule is O=C(O)c1nn(-c2ccc(F)cc2)c2c1CC/C2=C/c1ccc([N+](=O)[O-])cc1. The van der Waals surface area contributed by atoms with E-state index in [4.69, 9.17) is 0 Å². The lowest BCUT2D eigenvalue weighted by Crippen LogP contribution is -2.04. The molecule has 0 amide bonds. The zero-order chi connectivity index (χ0) is 19.8. The Morgan fingerprint density at radius 2 is 1.82 bits per heavy atom. The minimum atomic E-state index is -1.12. The predicted octanol–water partition coefficient (Wildman–Crippen LogP) is 4.10. The normalized spacial score (nSPS) is 14.2. The van der Waals surface area contributed by atoms with Gasteiger partial charge in [-0.05, 0) is 66.5 Å². The Kier molecular flexibility index (Phi) is 4.23. The van der Waals surface area contributed by atoms with Gasteiger partial charge in [-0.25, -0.2) is 13.9 Å². The van der Waals surface area contributed by atoms with Crippen molar-refractivity contribution in [3.63, 3.8) is 0 Å². The van der Waals surface area contributed by atoms with Crippen molar-refractivity contribution in [1.82, 2.24) is 9.78 Å². The van der Waals surface area contributed by atoms with Crippen LogP contribution in [0.4, 0.5) is 10.1 Å². The highest BCUT2D eigenvalue weighted by molar-refractivity contribution is 5.93. The maximum absolute atomic E-state index is 13.3. The molecular weight excluding hydrogens is 365 g/mol. The van der Waals surface area contributed by atoms with Crippen molar-refractivity contribution < 1.29 is 19.2 Å². The summed E-state index contributed by atoms with van der Waals surface area (Å²) in [6, 6.07) is 11.8. The summed E-state index contributed by atoms with van der Waals surface area (Å²) in [4.78, 5) is 22.0. The molecule has 28 heavy (non-hydrogen) atoms. The van der Waals surface area contributed by atoms with E-state index in [0.717, 1.165) is 11.1 Å². The first-order chi connectivity index (χ1) is 13.4. The standard InChI is InChI=1S/C20H14FN3O4/c21-14-4-8-15(9-5-14)23-19-13(3-10-17(19)18(22-23)20(25)26)11-12-1-6-16(7-2-12)24(27)28/h1-2,4-9,11H,3,10H2,(H,25,26)/b13-11-. The number of non-ortho nitro benzene ring substituents is 1. The van der Waals surface area contributed by atoms with Gasteiger partial charge in [0, 0.05) is 17.7 Å². The molecule has 8 heteroatoms. The highest BCUT2D eigenvalue weighted by atomic mass is 19.1. The summed E-state index contributed by atoms with van der Waals surface area (Å²) >= 11 is 0. The van der Waals surface area contributed by atoms with Crippen molar-refractivity contribution in [1.29, 1.82) is 0 Å². The lowest BCUT2D eigenvalue weighted by atomic mass is 10.1. The van der Waals surface area contributed by atoms with Crippen LogP contribution in [-0.2, 0) is 6.42 Å². The molecule has 1 heterocycles. The summed E-state index contributed by atoms with van der Waals surface area (Å²) in [5, 5.41) is 24.5. The molecule has 0 aliphatic heterocycles. The van der Waals surface area contributed by atoms with Crippen LogP contribution in [0.15, 0.2) is 48.5 Å². The van der Waals surface area contributed by atoms with E-state index < -0.39 is 16.7 Å². The quantitative estimate of drug-likeness (QED) is 0.543. The number of benzene rings is 2. The average Bonchev–Trinajstić information content (AvgIpc) is 3.24. The number of aromatic nitrogens is 2. The summed E-state index contributed by atoms with van der Waals surface area (Å²) in [5.74, 6) is -1.51. The third-order valence-electron chi connectivity index (χ3n) is 4.65. The number of nitro groups is 1. The maximum Gasteiger partial charge on any atom is 0.356 e. The third kappa shape index (κ3) is 3.05. The van der Waals surface area contributed by atoms with Gasteiger partial charge in [0.15, 0.2) is 5.69 Å². The Labute approximate surface area is 158 Å². The van der Waals surface area contributed by atoms with Crippen LogP contribution in [0.25, 0.3) is 17.3 Å². The monoisotopic (exact) mass is 379 g/mol. The van der Waals surface area contributed by atoms with Gasteiger partial charge in [-0.15, -0.1) is 0 Å². The Morgan fingerprint density at radius 1 is 1.14 bits per heavy atom. The largest absolute Gasteiger partial charge is 0.476 e. The third-order valence-corrected chi connectivity index (χ3v) is 4.65. The second-order valence-electron chi connectivity index (χ2n) is 6.39. The lowest BCUT2D eigenvalue weighted by molar-refractivity contribution is -0.384. The number of nitro benzene ring substituents is 1. The van der Waals surface area contributed by atoms with Crippen LogP contribution in [0.1, 0.15) is 33.7 Å². The molecule has 7 nitrogen and oxygen atoms in total. The number of hydrogen-bond donors (Lipinski definition) is 1. The molecule has 0 radical (unpaired) electrons. The molecule has 0 bridgehead atoms. The van der Waals surface area contributed by atoms with E-state index in [9.17, 15) is 24.4 Å². The summed E-state index contributed by atoms with van der Waals surface area (Å²) in [5.41, 5.74) is 3.46. The smallest absolute Gasteiger partial charge is 0.356 e. The minimum Gasteiger partial charge on any atom is -0.476 e. The molecule has 0 saturated heterocycles. The fourth-order valence-electron chi connectivity index (χ4n) is 3.37. The van der Waals surface area contributed by atoms with Gasteiger partial charge >= 0.3 is 5.97 Å². The Hall–Kier alpha value is -3.81. The molecule has 1 aliphatic carbocycles. The van der Waals surface area contributed by atoms with E-state index in [1.165, 1.54) is 41.1 Å². The second-order valence-corrected chi connectivity index (χ2v) is 6.39. The molecule has 140 valence electrons. The van der Waals surface area contributed by atoms with Crippen LogP contribution in [-0.4, -0.2) is 25.8 Å². The highest BCUT2D eigenvalue weighted by Crippen LogP contribution is 2.37. The van der Waals surface area contributed by atoms with Crippen molar-refractivity contribution >= 4 is 23.3 Å². The number of hydrogen-bond acceptors (Lipinski definition) is 4. The topological polar surface area (TPSA) is 98.3 Å². The number of fused-ring (bicyclic) bond motifs is 1. The molecule has 0 atom stereocenters. The van der Waals surface area contributed by atoms with E-state index in [0.29, 0.717) is 29.8 Å². The van der Waals surface area contributed by atoms with Gasteiger partial charge in [0.1, 0.15) is 5.82 Å². The maximum atomic E-state index is 13.3. The number of allylic oxidation sites excluding steroid dienone is 1. The number of aromatic carboxylic acids is 1. The molecule has 0 unspecified atom stereocenters. The van der Waals surface area contributed by atoms with Crippen LogP contribution >= 0.6 is 0 Å². The van der Waals surface area contributed by atoms with Gasteiger partial charge in [0.25, 0.3) is 5.69 Å². The first kappa shape index (κ1) is 17.6. The van der Waals surface area contributed by atoms with Crippen LogP contribution in [0.2, 0.25) is 0 Å². The van der Waals surface area contributed by atoms with E-state index >= 15 is 0 Å². The number of carbonyl (C=O) groups is 1. The number of carboxylic acids is 1. The molecule has 0 fully saturated rings. The Morgan fingerprint density at radius 3 is 2.43 bits per heavy atom. The van der Waals surface area contributed by atoms with E-state index in [1.54, 1.807) is 12.1 Å². The number of halogens is 1. The number of rotatable bonds is 4.